The van der Waals surface area contributed by atoms with Gasteiger partial charge in [-0.25, -0.2) is 8.78 Å². The maximum absolute atomic E-state index is 13.9. The largest absolute Gasteiger partial charge is 0.388 e. The fourth-order valence-electron chi connectivity index (χ4n) is 1.88. The van der Waals surface area contributed by atoms with E-state index in [1.54, 1.807) is 18.2 Å². The Kier molecular flexibility index (Phi) is 5.02. The van der Waals surface area contributed by atoms with Crippen LogP contribution in [-0.4, -0.2) is 5.11 Å². The number of halogens is 5. The molecule has 0 aliphatic rings. The van der Waals surface area contributed by atoms with Gasteiger partial charge >= 0.3 is 0 Å². The highest BCUT2D eigenvalue weighted by Gasteiger charge is 2.21. The van der Waals surface area contributed by atoms with Gasteiger partial charge in [0.2, 0.25) is 0 Å². The minimum atomic E-state index is -1.20. The van der Waals surface area contributed by atoms with Gasteiger partial charge in [0.1, 0.15) is 11.6 Å². The molecule has 2 aromatic carbocycles. The van der Waals surface area contributed by atoms with Gasteiger partial charge in [0.15, 0.2) is 0 Å². The topological polar surface area (TPSA) is 20.2 Å². The Labute approximate surface area is 133 Å². The summed E-state index contributed by atoms with van der Waals surface area (Å²) in [4.78, 5) is 0. The molecule has 0 aliphatic carbocycles. The summed E-state index contributed by atoms with van der Waals surface area (Å²) in [5.74, 6) is -1.47. The van der Waals surface area contributed by atoms with Crippen molar-refractivity contribution in [2.24, 2.45) is 0 Å². The average molecular weight is 382 g/mol. The Morgan fingerprint density at radius 3 is 2.30 bits per heavy atom. The van der Waals surface area contributed by atoms with Crippen molar-refractivity contribution >= 4 is 39.1 Å². The number of aliphatic hydroxyl groups is 1. The van der Waals surface area contributed by atoms with Crippen molar-refractivity contribution in [2.45, 2.75) is 12.5 Å². The third-order valence-electron chi connectivity index (χ3n) is 2.87. The Hall–Kier alpha value is -0.680. The number of hydrogen-bond acceptors (Lipinski definition) is 1. The summed E-state index contributed by atoms with van der Waals surface area (Å²) >= 11 is 14.9. The summed E-state index contributed by atoms with van der Waals surface area (Å²) in [6.07, 6.45) is -1.46. The molecule has 0 saturated carbocycles. The van der Waals surface area contributed by atoms with Crippen LogP contribution in [0.15, 0.2) is 34.8 Å². The Bertz CT molecular complexity index is 629. The lowest BCUT2D eigenvalue weighted by Gasteiger charge is -2.15. The van der Waals surface area contributed by atoms with Crippen molar-refractivity contribution < 1.29 is 13.9 Å². The first-order valence-electron chi connectivity index (χ1n) is 5.66. The quantitative estimate of drug-likeness (QED) is 0.714. The SMILES string of the molecule is OC(Cc1c(F)ccc(Br)c1F)c1c(Cl)cccc1Cl. The van der Waals surface area contributed by atoms with Gasteiger partial charge in [0.05, 0.1) is 10.6 Å². The number of hydrogen-bond donors (Lipinski definition) is 1. The maximum atomic E-state index is 13.9. The molecule has 0 amide bonds. The van der Waals surface area contributed by atoms with E-state index in [2.05, 4.69) is 15.9 Å². The molecule has 0 saturated heterocycles. The van der Waals surface area contributed by atoms with E-state index < -0.39 is 17.7 Å². The zero-order chi connectivity index (χ0) is 14.9. The molecule has 0 fully saturated rings. The van der Waals surface area contributed by atoms with Crippen LogP contribution >= 0.6 is 39.1 Å². The van der Waals surface area contributed by atoms with Crippen LogP contribution in [0.5, 0.6) is 0 Å². The van der Waals surface area contributed by atoms with Crippen molar-refractivity contribution in [3.63, 3.8) is 0 Å². The molecule has 6 heteroatoms. The van der Waals surface area contributed by atoms with Gasteiger partial charge in [-0.15, -0.1) is 0 Å². The number of benzene rings is 2. The van der Waals surface area contributed by atoms with Gasteiger partial charge < -0.3 is 5.11 Å². The predicted molar refractivity (Wildman–Crippen MR) is 79.2 cm³/mol. The first kappa shape index (κ1) is 15.7. The summed E-state index contributed by atoms with van der Waals surface area (Å²) in [7, 11) is 0. The van der Waals surface area contributed by atoms with Crippen LogP contribution in [0.1, 0.15) is 17.2 Å². The van der Waals surface area contributed by atoms with Crippen molar-refractivity contribution in [1.29, 1.82) is 0 Å². The van der Waals surface area contributed by atoms with Crippen LogP contribution in [0.3, 0.4) is 0 Å². The molecule has 1 nitrogen and oxygen atoms in total. The van der Waals surface area contributed by atoms with Gasteiger partial charge in [-0.1, -0.05) is 29.3 Å². The molecule has 1 atom stereocenters. The summed E-state index contributed by atoms with van der Waals surface area (Å²) in [6.45, 7) is 0. The summed E-state index contributed by atoms with van der Waals surface area (Å²) < 4.78 is 27.7. The van der Waals surface area contributed by atoms with E-state index in [0.29, 0.717) is 0 Å². The second-order valence-corrected chi connectivity index (χ2v) is 5.85. The van der Waals surface area contributed by atoms with Crippen LogP contribution in [0, 0.1) is 11.6 Å². The highest BCUT2D eigenvalue weighted by atomic mass is 79.9. The molecular weight excluding hydrogens is 373 g/mol. The summed E-state index contributed by atoms with van der Waals surface area (Å²) in [6, 6.07) is 7.13. The molecular formula is C14H9BrCl2F2O. The summed E-state index contributed by atoms with van der Waals surface area (Å²) in [5.41, 5.74) is 0.0393. The molecule has 106 valence electrons. The molecule has 0 aromatic heterocycles. The molecule has 0 spiro atoms. The lowest BCUT2D eigenvalue weighted by molar-refractivity contribution is 0.176. The van der Waals surface area contributed by atoms with E-state index >= 15 is 0 Å². The van der Waals surface area contributed by atoms with Crippen molar-refractivity contribution in [2.75, 3.05) is 0 Å². The molecule has 0 heterocycles. The molecule has 1 unspecified atom stereocenters. The van der Waals surface area contributed by atoms with Gasteiger partial charge in [0.25, 0.3) is 0 Å². The van der Waals surface area contributed by atoms with Crippen molar-refractivity contribution in [1.82, 2.24) is 0 Å². The third kappa shape index (κ3) is 3.14. The van der Waals surface area contributed by atoms with E-state index in [0.717, 1.165) is 6.07 Å². The highest BCUT2D eigenvalue weighted by molar-refractivity contribution is 9.10. The van der Waals surface area contributed by atoms with Crippen LogP contribution in [-0.2, 0) is 6.42 Å². The number of rotatable bonds is 3. The molecule has 20 heavy (non-hydrogen) atoms. The molecule has 2 rings (SSSR count). The van der Waals surface area contributed by atoms with E-state index in [-0.39, 0.29) is 32.1 Å². The van der Waals surface area contributed by atoms with Crippen LogP contribution in [0.4, 0.5) is 8.78 Å². The number of aliphatic hydroxyl groups excluding tert-OH is 1. The lowest BCUT2D eigenvalue weighted by Crippen LogP contribution is -2.07. The zero-order valence-electron chi connectivity index (χ0n) is 10.0. The Morgan fingerprint density at radius 2 is 1.70 bits per heavy atom. The smallest absolute Gasteiger partial charge is 0.143 e. The van der Waals surface area contributed by atoms with E-state index in [4.69, 9.17) is 23.2 Å². The normalized spacial score (nSPS) is 12.5. The molecule has 0 aliphatic heterocycles. The standard InChI is InChI=1S/C14H9BrCl2F2O/c15-8-4-5-11(18)7(14(8)19)6-12(20)13-9(16)2-1-3-10(13)17/h1-5,12,20H,6H2. The van der Waals surface area contributed by atoms with Crippen molar-refractivity contribution in [3.05, 3.63) is 67.6 Å². The van der Waals surface area contributed by atoms with E-state index in [1.165, 1.54) is 6.07 Å². The molecule has 0 bridgehead atoms. The van der Waals surface area contributed by atoms with Crippen molar-refractivity contribution in [3.8, 4) is 0 Å². The lowest BCUT2D eigenvalue weighted by atomic mass is 10.0. The zero-order valence-corrected chi connectivity index (χ0v) is 13.1. The molecule has 0 radical (unpaired) electrons. The van der Waals surface area contributed by atoms with Crippen LogP contribution in [0.2, 0.25) is 10.0 Å². The first-order valence-corrected chi connectivity index (χ1v) is 7.21. The molecule has 1 N–H and O–H groups in total. The maximum Gasteiger partial charge on any atom is 0.143 e. The van der Waals surface area contributed by atoms with Gasteiger partial charge in [-0.2, -0.15) is 0 Å². The molecule has 2 aromatic rings. The second-order valence-electron chi connectivity index (χ2n) is 4.18. The van der Waals surface area contributed by atoms with E-state index in [9.17, 15) is 13.9 Å². The van der Waals surface area contributed by atoms with Crippen LogP contribution < -0.4 is 0 Å². The Morgan fingerprint density at radius 1 is 1.10 bits per heavy atom. The first-order chi connectivity index (χ1) is 9.41. The average Bonchev–Trinajstić information content (AvgIpc) is 2.39. The van der Waals surface area contributed by atoms with Crippen LogP contribution in [0.25, 0.3) is 0 Å². The Balaban J connectivity index is 2.38. The minimum absolute atomic E-state index is 0.131. The van der Waals surface area contributed by atoms with Gasteiger partial charge in [0, 0.05) is 27.6 Å². The fraction of sp³-hybridized carbons (Fsp3) is 0.143. The van der Waals surface area contributed by atoms with E-state index in [1.807, 2.05) is 0 Å². The minimum Gasteiger partial charge on any atom is -0.388 e. The predicted octanol–water partition coefficient (Wildman–Crippen LogP) is 5.31. The monoisotopic (exact) mass is 380 g/mol. The third-order valence-corrected chi connectivity index (χ3v) is 4.14. The summed E-state index contributed by atoms with van der Waals surface area (Å²) in [5, 5.41) is 10.7. The second kappa shape index (κ2) is 6.39. The van der Waals surface area contributed by atoms with Gasteiger partial charge in [-0.05, 0) is 40.2 Å². The van der Waals surface area contributed by atoms with Gasteiger partial charge in [-0.3, -0.25) is 0 Å². The highest BCUT2D eigenvalue weighted by Crippen LogP contribution is 2.33. The fourth-order valence-corrected chi connectivity index (χ4v) is 2.90.